The van der Waals surface area contributed by atoms with E-state index in [0.717, 1.165) is 23.9 Å². The third-order valence-corrected chi connectivity index (χ3v) is 4.84. The second-order valence-corrected chi connectivity index (χ2v) is 6.91. The molecular weight excluding hydrogens is 342 g/mol. The molecule has 0 saturated heterocycles. The van der Waals surface area contributed by atoms with Crippen molar-refractivity contribution < 1.29 is 4.79 Å². The topological polar surface area (TPSA) is 81.8 Å². The third-order valence-electron chi connectivity index (χ3n) is 4.84. The molecule has 0 saturated carbocycles. The average Bonchev–Trinajstić information content (AvgIpc) is 3.03. The first kappa shape index (κ1) is 18.8. The van der Waals surface area contributed by atoms with E-state index >= 15 is 0 Å². The molecule has 0 aliphatic carbocycles. The summed E-state index contributed by atoms with van der Waals surface area (Å²) in [6, 6.07) is 6.26. The molecule has 7 heteroatoms. The minimum Gasteiger partial charge on any atom is -0.356 e. The number of hydrogen-bond acceptors (Lipinski definition) is 4. The summed E-state index contributed by atoms with van der Waals surface area (Å²) < 4.78 is 3.46. The van der Waals surface area contributed by atoms with Gasteiger partial charge in [0.2, 0.25) is 5.91 Å². The molecule has 27 heavy (non-hydrogen) atoms. The van der Waals surface area contributed by atoms with Gasteiger partial charge in [0.25, 0.3) is 5.56 Å². The van der Waals surface area contributed by atoms with Gasteiger partial charge in [-0.3, -0.25) is 18.8 Å². The molecule has 0 bridgehead atoms. The molecule has 1 aromatic carbocycles. The molecule has 2 heterocycles. The lowest BCUT2D eigenvalue weighted by atomic mass is 10.2. The SMILES string of the molecule is Cc1ccc2cnn(CCCNC(=O)Cc3nc(C)n(C)c(=O)c3C)c2c1. The molecule has 0 unspecified atom stereocenters. The van der Waals surface area contributed by atoms with Gasteiger partial charge in [-0.25, -0.2) is 4.98 Å². The Hall–Kier alpha value is -2.96. The molecule has 0 aliphatic rings. The highest BCUT2D eigenvalue weighted by Crippen LogP contribution is 2.15. The zero-order valence-electron chi connectivity index (χ0n) is 16.2. The second-order valence-electron chi connectivity index (χ2n) is 6.91. The van der Waals surface area contributed by atoms with Crippen molar-refractivity contribution in [2.45, 2.75) is 40.2 Å². The Morgan fingerprint density at radius 2 is 2.00 bits per heavy atom. The standard InChI is InChI=1S/C20H25N5O2/c1-13-6-7-16-12-22-25(18(16)10-13)9-5-8-21-19(26)11-17-14(2)20(27)24(4)15(3)23-17/h6-7,10,12H,5,8-9,11H2,1-4H3,(H,21,26). The van der Waals surface area contributed by atoms with Gasteiger partial charge in [0.05, 0.1) is 23.8 Å². The van der Waals surface area contributed by atoms with Crippen LogP contribution in [0.1, 0.15) is 29.1 Å². The summed E-state index contributed by atoms with van der Waals surface area (Å²) in [5.41, 5.74) is 3.27. The number of carbonyl (C=O) groups is 1. The smallest absolute Gasteiger partial charge is 0.256 e. The van der Waals surface area contributed by atoms with E-state index in [9.17, 15) is 9.59 Å². The lowest BCUT2D eigenvalue weighted by Crippen LogP contribution is -2.30. The van der Waals surface area contributed by atoms with Crippen molar-refractivity contribution in [2.75, 3.05) is 6.54 Å². The van der Waals surface area contributed by atoms with Crippen LogP contribution < -0.4 is 10.9 Å². The minimum absolute atomic E-state index is 0.105. The first-order chi connectivity index (χ1) is 12.9. The van der Waals surface area contributed by atoms with Crippen molar-refractivity contribution in [2.24, 2.45) is 7.05 Å². The molecule has 1 amide bonds. The number of hydrogen-bond donors (Lipinski definition) is 1. The molecule has 3 aromatic rings. The number of aromatic nitrogens is 4. The first-order valence-electron chi connectivity index (χ1n) is 9.09. The number of nitrogens with zero attached hydrogens (tertiary/aromatic N) is 4. The van der Waals surface area contributed by atoms with Crippen molar-refractivity contribution in [1.82, 2.24) is 24.6 Å². The zero-order chi connectivity index (χ0) is 19.6. The fraction of sp³-hybridized carbons (Fsp3) is 0.400. The number of benzene rings is 1. The lowest BCUT2D eigenvalue weighted by molar-refractivity contribution is -0.120. The molecule has 0 fully saturated rings. The van der Waals surface area contributed by atoms with Gasteiger partial charge >= 0.3 is 0 Å². The highest BCUT2D eigenvalue weighted by Gasteiger charge is 2.12. The van der Waals surface area contributed by atoms with Gasteiger partial charge < -0.3 is 5.32 Å². The monoisotopic (exact) mass is 367 g/mol. The molecule has 142 valence electrons. The number of fused-ring (bicyclic) bond motifs is 1. The van der Waals surface area contributed by atoms with Gasteiger partial charge in [0, 0.05) is 31.1 Å². The van der Waals surface area contributed by atoms with Crippen LogP contribution in [0.5, 0.6) is 0 Å². The van der Waals surface area contributed by atoms with Crippen molar-refractivity contribution in [3.63, 3.8) is 0 Å². The van der Waals surface area contributed by atoms with E-state index in [-0.39, 0.29) is 17.9 Å². The van der Waals surface area contributed by atoms with Crippen molar-refractivity contribution in [3.05, 3.63) is 57.4 Å². The Labute approximate surface area is 158 Å². The Morgan fingerprint density at radius 1 is 1.22 bits per heavy atom. The summed E-state index contributed by atoms with van der Waals surface area (Å²) in [7, 11) is 1.68. The predicted molar refractivity (Wildman–Crippen MR) is 105 cm³/mol. The van der Waals surface area contributed by atoms with Crippen LogP contribution in [-0.2, 0) is 24.8 Å². The summed E-state index contributed by atoms with van der Waals surface area (Å²) >= 11 is 0. The van der Waals surface area contributed by atoms with E-state index in [2.05, 4.69) is 40.5 Å². The van der Waals surface area contributed by atoms with Gasteiger partial charge in [0.1, 0.15) is 5.82 Å². The van der Waals surface area contributed by atoms with Crippen LogP contribution in [-0.4, -0.2) is 31.8 Å². The fourth-order valence-electron chi connectivity index (χ4n) is 3.08. The Kier molecular flexibility index (Phi) is 5.39. The molecule has 2 aromatic heterocycles. The van der Waals surface area contributed by atoms with Crippen molar-refractivity contribution >= 4 is 16.8 Å². The molecule has 0 aliphatic heterocycles. The van der Waals surface area contributed by atoms with Gasteiger partial charge in [-0.2, -0.15) is 5.10 Å². The largest absolute Gasteiger partial charge is 0.356 e. The fourth-order valence-corrected chi connectivity index (χ4v) is 3.08. The molecule has 7 nitrogen and oxygen atoms in total. The van der Waals surface area contributed by atoms with E-state index in [1.807, 2.05) is 10.9 Å². The Balaban J connectivity index is 1.54. The van der Waals surface area contributed by atoms with Gasteiger partial charge in [-0.1, -0.05) is 12.1 Å². The highest BCUT2D eigenvalue weighted by atomic mass is 16.1. The average molecular weight is 367 g/mol. The van der Waals surface area contributed by atoms with Gasteiger partial charge in [-0.05, 0) is 38.8 Å². The van der Waals surface area contributed by atoms with Crippen LogP contribution in [0.2, 0.25) is 0 Å². The maximum Gasteiger partial charge on any atom is 0.256 e. The first-order valence-corrected chi connectivity index (χ1v) is 9.09. The summed E-state index contributed by atoms with van der Waals surface area (Å²) in [6.45, 7) is 6.82. The highest BCUT2D eigenvalue weighted by molar-refractivity contribution is 5.79. The predicted octanol–water partition coefficient (Wildman–Crippen LogP) is 1.80. The summed E-state index contributed by atoms with van der Waals surface area (Å²) in [5.74, 6) is 0.480. The molecule has 0 radical (unpaired) electrons. The second kappa shape index (κ2) is 7.73. The van der Waals surface area contributed by atoms with Crippen LogP contribution in [0, 0.1) is 20.8 Å². The zero-order valence-corrected chi connectivity index (χ0v) is 16.2. The maximum atomic E-state index is 12.2. The van der Waals surface area contributed by atoms with Gasteiger partial charge in [-0.15, -0.1) is 0 Å². The Morgan fingerprint density at radius 3 is 2.78 bits per heavy atom. The molecule has 0 atom stereocenters. The van der Waals surface area contributed by atoms with Crippen LogP contribution in [0.3, 0.4) is 0 Å². The van der Waals surface area contributed by atoms with E-state index in [1.54, 1.807) is 20.9 Å². The van der Waals surface area contributed by atoms with Crippen molar-refractivity contribution in [3.8, 4) is 0 Å². The van der Waals surface area contributed by atoms with E-state index in [0.29, 0.717) is 23.6 Å². The maximum absolute atomic E-state index is 12.2. The molecule has 0 spiro atoms. The minimum atomic E-state index is -0.126. The molecular formula is C20H25N5O2. The summed E-state index contributed by atoms with van der Waals surface area (Å²) in [5, 5.41) is 8.44. The Bertz CT molecular complexity index is 1050. The van der Waals surface area contributed by atoms with E-state index in [1.165, 1.54) is 10.1 Å². The summed E-state index contributed by atoms with van der Waals surface area (Å²) in [6.07, 6.45) is 2.76. The lowest BCUT2D eigenvalue weighted by Gasteiger charge is -2.10. The summed E-state index contributed by atoms with van der Waals surface area (Å²) in [4.78, 5) is 28.7. The number of amides is 1. The number of aryl methyl sites for hydroxylation is 3. The number of nitrogens with one attached hydrogen (secondary N) is 1. The van der Waals surface area contributed by atoms with E-state index < -0.39 is 0 Å². The van der Waals surface area contributed by atoms with Crippen LogP contribution in [0.25, 0.3) is 10.9 Å². The van der Waals surface area contributed by atoms with Crippen LogP contribution in [0.4, 0.5) is 0 Å². The quantitative estimate of drug-likeness (QED) is 0.674. The molecule has 3 rings (SSSR count). The van der Waals surface area contributed by atoms with E-state index in [4.69, 9.17) is 0 Å². The van der Waals surface area contributed by atoms with Crippen LogP contribution in [0.15, 0.2) is 29.2 Å². The number of rotatable bonds is 6. The van der Waals surface area contributed by atoms with Crippen LogP contribution >= 0.6 is 0 Å². The normalized spacial score (nSPS) is 11.1. The van der Waals surface area contributed by atoms with Crippen molar-refractivity contribution in [1.29, 1.82) is 0 Å². The number of carbonyl (C=O) groups excluding carboxylic acids is 1. The van der Waals surface area contributed by atoms with Gasteiger partial charge in [0.15, 0.2) is 0 Å². The third kappa shape index (κ3) is 4.07. The molecule has 1 N–H and O–H groups in total.